The van der Waals surface area contributed by atoms with Gasteiger partial charge in [-0.25, -0.2) is 9.97 Å². The highest BCUT2D eigenvalue weighted by molar-refractivity contribution is 5.44. The predicted octanol–water partition coefficient (Wildman–Crippen LogP) is 2.17. The van der Waals surface area contributed by atoms with Crippen molar-refractivity contribution in [2.24, 2.45) is 0 Å². The lowest BCUT2D eigenvalue weighted by molar-refractivity contribution is 0.414. The summed E-state index contributed by atoms with van der Waals surface area (Å²) in [5, 5.41) is 13.7. The van der Waals surface area contributed by atoms with E-state index in [0.717, 1.165) is 30.7 Å². The van der Waals surface area contributed by atoms with Gasteiger partial charge in [0.25, 0.3) is 0 Å². The quantitative estimate of drug-likeness (QED) is 0.717. The molecule has 2 aromatic heterocycles. The van der Waals surface area contributed by atoms with Crippen LogP contribution in [0, 0.1) is 11.3 Å². The number of rotatable bonds is 5. The second-order valence-corrected chi connectivity index (χ2v) is 5.79. The maximum absolute atomic E-state index is 9.16. The number of ether oxygens (including phenoxy) is 1. The smallest absolute Gasteiger partial charge is 0.244 e. The van der Waals surface area contributed by atoms with Crippen LogP contribution in [0.25, 0.3) is 5.65 Å². The third-order valence-corrected chi connectivity index (χ3v) is 4.12. The Labute approximate surface area is 139 Å². The first-order valence-electron chi connectivity index (χ1n) is 7.79. The van der Waals surface area contributed by atoms with Crippen molar-refractivity contribution < 1.29 is 4.74 Å². The lowest BCUT2D eigenvalue weighted by Crippen LogP contribution is -2.27. The van der Waals surface area contributed by atoms with Crippen molar-refractivity contribution in [3.63, 3.8) is 0 Å². The Morgan fingerprint density at radius 2 is 2.04 bits per heavy atom. The van der Waals surface area contributed by atoms with Crippen molar-refractivity contribution in [2.45, 2.75) is 25.4 Å². The van der Waals surface area contributed by atoms with E-state index in [2.05, 4.69) is 26.0 Å². The standard InChI is InChI=1S/C17H16N6O/c1-24-15-6-2-12(3-7-15)11-22(13-4-5-13)17-20-10-16-19-9-14(8-18)23(16)21-17/h2-3,6-7,9-10,13H,4-5,11H2,1H3. The Bertz CT molecular complexity index is 907. The lowest BCUT2D eigenvalue weighted by Gasteiger charge is -2.22. The predicted molar refractivity (Wildman–Crippen MR) is 87.7 cm³/mol. The molecule has 2 heterocycles. The van der Waals surface area contributed by atoms with Gasteiger partial charge in [0.15, 0.2) is 11.3 Å². The van der Waals surface area contributed by atoms with Crippen molar-refractivity contribution in [3.05, 3.63) is 47.9 Å². The molecule has 0 unspecified atom stereocenters. The number of anilines is 1. The topological polar surface area (TPSA) is 79.3 Å². The molecule has 7 nitrogen and oxygen atoms in total. The van der Waals surface area contributed by atoms with Gasteiger partial charge in [0.05, 0.1) is 19.5 Å². The van der Waals surface area contributed by atoms with Crippen molar-refractivity contribution >= 4 is 11.6 Å². The summed E-state index contributed by atoms with van der Waals surface area (Å²) in [5.41, 5.74) is 2.15. The van der Waals surface area contributed by atoms with Crippen LogP contribution < -0.4 is 9.64 Å². The Balaban J connectivity index is 1.66. The number of methoxy groups -OCH3 is 1. The normalized spacial score (nSPS) is 13.7. The maximum Gasteiger partial charge on any atom is 0.244 e. The molecular weight excluding hydrogens is 304 g/mol. The molecule has 3 aromatic rings. The molecule has 1 aliphatic rings. The SMILES string of the molecule is COc1ccc(CN(c2ncc3ncc(C#N)n3n2)C2CC2)cc1. The van der Waals surface area contributed by atoms with Crippen molar-refractivity contribution in [1.82, 2.24) is 19.6 Å². The Hall–Kier alpha value is -3.14. The molecule has 0 spiro atoms. The number of hydrogen-bond donors (Lipinski definition) is 0. The molecule has 0 atom stereocenters. The van der Waals surface area contributed by atoms with E-state index in [1.807, 2.05) is 24.3 Å². The van der Waals surface area contributed by atoms with Gasteiger partial charge in [-0.3, -0.25) is 0 Å². The van der Waals surface area contributed by atoms with Crippen LogP contribution in [-0.2, 0) is 6.54 Å². The van der Waals surface area contributed by atoms with Crippen LogP contribution in [0.1, 0.15) is 24.1 Å². The zero-order valence-electron chi connectivity index (χ0n) is 13.3. The molecular formula is C17H16N6O. The van der Waals surface area contributed by atoms with Gasteiger partial charge in [-0.1, -0.05) is 12.1 Å². The van der Waals surface area contributed by atoms with Crippen LogP contribution in [-0.4, -0.2) is 32.7 Å². The highest BCUT2D eigenvalue weighted by atomic mass is 16.5. The molecule has 0 N–H and O–H groups in total. The second kappa shape index (κ2) is 5.81. The molecule has 1 saturated carbocycles. The average molecular weight is 320 g/mol. The molecule has 24 heavy (non-hydrogen) atoms. The molecule has 1 aliphatic carbocycles. The largest absolute Gasteiger partial charge is 0.497 e. The van der Waals surface area contributed by atoms with Crippen LogP contribution in [0.5, 0.6) is 5.75 Å². The fourth-order valence-corrected chi connectivity index (χ4v) is 2.67. The monoisotopic (exact) mass is 320 g/mol. The number of nitriles is 1. The van der Waals surface area contributed by atoms with Crippen molar-refractivity contribution in [3.8, 4) is 11.8 Å². The summed E-state index contributed by atoms with van der Waals surface area (Å²) in [6, 6.07) is 10.5. The zero-order valence-corrected chi connectivity index (χ0v) is 13.3. The van der Waals surface area contributed by atoms with Crippen LogP contribution in [0.4, 0.5) is 5.95 Å². The number of hydrogen-bond acceptors (Lipinski definition) is 6. The van der Waals surface area contributed by atoms with Crippen LogP contribution in [0.2, 0.25) is 0 Å². The van der Waals surface area contributed by atoms with E-state index < -0.39 is 0 Å². The first-order chi connectivity index (χ1) is 11.8. The first kappa shape index (κ1) is 14.5. The van der Waals surface area contributed by atoms with Gasteiger partial charge < -0.3 is 9.64 Å². The van der Waals surface area contributed by atoms with Gasteiger partial charge in [0, 0.05) is 12.6 Å². The molecule has 0 amide bonds. The van der Waals surface area contributed by atoms with Gasteiger partial charge in [-0.2, -0.15) is 9.78 Å². The third kappa shape index (κ3) is 2.63. The summed E-state index contributed by atoms with van der Waals surface area (Å²) in [4.78, 5) is 10.8. The fourth-order valence-electron chi connectivity index (χ4n) is 2.67. The molecule has 7 heteroatoms. The summed E-state index contributed by atoms with van der Waals surface area (Å²) in [6.07, 6.45) is 5.44. The second-order valence-electron chi connectivity index (χ2n) is 5.79. The molecule has 0 radical (unpaired) electrons. The maximum atomic E-state index is 9.16. The third-order valence-electron chi connectivity index (χ3n) is 4.12. The first-order valence-corrected chi connectivity index (χ1v) is 7.79. The zero-order chi connectivity index (χ0) is 16.5. The highest BCUT2D eigenvalue weighted by Gasteiger charge is 2.31. The summed E-state index contributed by atoms with van der Waals surface area (Å²) in [5.74, 6) is 1.46. The summed E-state index contributed by atoms with van der Waals surface area (Å²) in [6.45, 7) is 0.719. The molecule has 1 fully saturated rings. The molecule has 120 valence electrons. The van der Waals surface area contributed by atoms with Gasteiger partial charge >= 0.3 is 0 Å². The number of benzene rings is 1. The van der Waals surface area contributed by atoms with Crippen molar-refractivity contribution in [2.75, 3.05) is 12.0 Å². The van der Waals surface area contributed by atoms with E-state index in [9.17, 15) is 0 Å². The Morgan fingerprint density at radius 1 is 1.25 bits per heavy atom. The minimum absolute atomic E-state index is 0.411. The fraction of sp³-hybridized carbons (Fsp3) is 0.294. The molecule has 4 rings (SSSR count). The number of imidazole rings is 1. The Kier molecular flexibility index (Phi) is 3.50. The van der Waals surface area contributed by atoms with Crippen molar-refractivity contribution in [1.29, 1.82) is 5.26 Å². The number of fused-ring (bicyclic) bond motifs is 1. The van der Waals surface area contributed by atoms with E-state index in [0.29, 0.717) is 23.3 Å². The van der Waals surface area contributed by atoms with Gasteiger partial charge in [-0.05, 0) is 30.5 Å². The van der Waals surface area contributed by atoms with Gasteiger partial charge in [0.1, 0.15) is 11.8 Å². The van der Waals surface area contributed by atoms with E-state index in [4.69, 9.17) is 10.00 Å². The summed E-state index contributed by atoms with van der Waals surface area (Å²) < 4.78 is 6.75. The van der Waals surface area contributed by atoms with E-state index in [1.165, 1.54) is 6.20 Å². The van der Waals surface area contributed by atoms with E-state index in [1.54, 1.807) is 17.8 Å². The van der Waals surface area contributed by atoms with Crippen LogP contribution in [0.3, 0.4) is 0 Å². The summed E-state index contributed by atoms with van der Waals surface area (Å²) in [7, 11) is 1.66. The highest BCUT2D eigenvalue weighted by Crippen LogP contribution is 2.31. The minimum atomic E-state index is 0.411. The van der Waals surface area contributed by atoms with Gasteiger partial charge in [0.2, 0.25) is 5.95 Å². The van der Waals surface area contributed by atoms with E-state index >= 15 is 0 Å². The molecule has 0 aliphatic heterocycles. The lowest BCUT2D eigenvalue weighted by atomic mass is 10.2. The van der Waals surface area contributed by atoms with Crippen LogP contribution >= 0.6 is 0 Å². The van der Waals surface area contributed by atoms with Crippen LogP contribution in [0.15, 0.2) is 36.7 Å². The summed E-state index contributed by atoms with van der Waals surface area (Å²) >= 11 is 0. The number of aromatic nitrogens is 4. The van der Waals surface area contributed by atoms with E-state index in [-0.39, 0.29) is 0 Å². The average Bonchev–Trinajstić information content (AvgIpc) is 3.39. The van der Waals surface area contributed by atoms with Gasteiger partial charge in [-0.15, -0.1) is 5.10 Å². The molecule has 0 bridgehead atoms. The molecule has 0 saturated heterocycles. The molecule has 1 aromatic carbocycles. The number of nitrogens with zero attached hydrogens (tertiary/aromatic N) is 6. The Morgan fingerprint density at radius 3 is 2.71 bits per heavy atom. The minimum Gasteiger partial charge on any atom is -0.497 e.